The molecular weight excluding hydrogens is 348 g/mol. The monoisotopic (exact) mass is 388 g/mol. The van der Waals surface area contributed by atoms with Crippen LogP contribution in [0.5, 0.6) is 0 Å². The zero-order valence-corrected chi connectivity index (χ0v) is 19.2. The second-order valence-electron chi connectivity index (χ2n) is 9.54. The number of hydrogen-bond acceptors (Lipinski definition) is 0. The van der Waals surface area contributed by atoms with Gasteiger partial charge in [0.05, 0.1) is 0 Å². The molecular formula is C29H40. The van der Waals surface area contributed by atoms with E-state index in [-0.39, 0.29) is 0 Å². The molecule has 0 spiro atoms. The van der Waals surface area contributed by atoms with Gasteiger partial charge in [0.1, 0.15) is 0 Å². The van der Waals surface area contributed by atoms with Crippen LogP contribution >= 0.6 is 0 Å². The highest BCUT2D eigenvalue weighted by Gasteiger charge is 2.30. The smallest absolute Gasteiger partial charge is 0.0155 e. The minimum Gasteiger partial charge on any atom is -0.0988 e. The van der Waals surface area contributed by atoms with Crippen molar-refractivity contribution in [3.63, 3.8) is 0 Å². The van der Waals surface area contributed by atoms with Gasteiger partial charge in [-0.05, 0) is 72.1 Å². The molecule has 0 bridgehead atoms. The van der Waals surface area contributed by atoms with Crippen molar-refractivity contribution >= 4 is 0 Å². The summed E-state index contributed by atoms with van der Waals surface area (Å²) in [6.45, 7) is 15.9. The van der Waals surface area contributed by atoms with Gasteiger partial charge < -0.3 is 0 Å². The van der Waals surface area contributed by atoms with Crippen LogP contribution in [0, 0.1) is 30.6 Å². The van der Waals surface area contributed by atoms with Crippen molar-refractivity contribution in [1.82, 2.24) is 0 Å². The summed E-state index contributed by atoms with van der Waals surface area (Å²) < 4.78 is 0. The highest BCUT2D eigenvalue weighted by molar-refractivity contribution is 5.46. The molecule has 2 aliphatic carbocycles. The molecule has 0 heteroatoms. The van der Waals surface area contributed by atoms with E-state index in [1.807, 2.05) is 0 Å². The van der Waals surface area contributed by atoms with Gasteiger partial charge in [0.2, 0.25) is 0 Å². The molecule has 0 nitrogen and oxygen atoms in total. The van der Waals surface area contributed by atoms with E-state index < -0.39 is 0 Å². The van der Waals surface area contributed by atoms with Gasteiger partial charge in [0.15, 0.2) is 0 Å². The Labute approximate surface area is 179 Å². The van der Waals surface area contributed by atoms with Crippen LogP contribution in [0.25, 0.3) is 0 Å². The van der Waals surface area contributed by atoms with Crippen LogP contribution in [0.2, 0.25) is 0 Å². The van der Waals surface area contributed by atoms with Crippen molar-refractivity contribution in [3.8, 4) is 0 Å². The molecule has 0 radical (unpaired) electrons. The second-order valence-corrected chi connectivity index (χ2v) is 9.54. The van der Waals surface area contributed by atoms with Crippen LogP contribution in [0.4, 0.5) is 0 Å². The fourth-order valence-electron chi connectivity index (χ4n) is 5.38. The van der Waals surface area contributed by atoms with Crippen LogP contribution in [-0.2, 0) is 0 Å². The molecule has 5 unspecified atom stereocenters. The van der Waals surface area contributed by atoms with E-state index in [9.17, 15) is 0 Å². The molecule has 3 rings (SSSR count). The first kappa shape index (κ1) is 21.9. The molecule has 0 aromatic heterocycles. The lowest BCUT2D eigenvalue weighted by Crippen LogP contribution is -2.18. The first-order chi connectivity index (χ1) is 13.9. The Morgan fingerprint density at radius 1 is 1.17 bits per heavy atom. The Morgan fingerprint density at radius 2 is 1.90 bits per heavy atom. The van der Waals surface area contributed by atoms with Gasteiger partial charge in [-0.25, -0.2) is 0 Å². The third-order valence-corrected chi connectivity index (χ3v) is 7.31. The number of hydrogen-bond donors (Lipinski definition) is 0. The van der Waals surface area contributed by atoms with Crippen LogP contribution in [-0.4, -0.2) is 0 Å². The zero-order chi connectivity index (χ0) is 21.0. The van der Waals surface area contributed by atoms with Gasteiger partial charge in [-0.1, -0.05) is 101 Å². The van der Waals surface area contributed by atoms with E-state index in [0.29, 0.717) is 23.7 Å². The van der Waals surface area contributed by atoms with Gasteiger partial charge in [0.25, 0.3) is 0 Å². The van der Waals surface area contributed by atoms with Crippen LogP contribution in [0.15, 0.2) is 71.9 Å². The van der Waals surface area contributed by atoms with E-state index in [2.05, 4.69) is 89.8 Å². The molecule has 1 fully saturated rings. The molecule has 0 saturated heterocycles. The maximum Gasteiger partial charge on any atom is 0.0155 e. The zero-order valence-electron chi connectivity index (χ0n) is 19.2. The van der Waals surface area contributed by atoms with Gasteiger partial charge in [-0.15, -0.1) is 0 Å². The fourth-order valence-corrected chi connectivity index (χ4v) is 5.38. The number of allylic oxidation sites excluding steroid dienone is 7. The minimum absolute atomic E-state index is 0.398. The third-order valence-electron chi connectivity index (χ3n) is 7.31. The topological polar surface area (TPSA) is 0 Å². The Morgan fingerprint density at radius 3 is 2.48 bits per heavy atom. The van der Waals surface area contributed by atoms with Crippen molar-refractivity contribution in [2.75, 3.05) is 0 Å². The summed E-state index contributed by atoms with van der Waals surface area (Å²) >= 11 is 0. The van der Waals surface area contributed by atoms with Crippen molar-refractivity contribution in [2.45, 2.75) is 72.6 Å². The molecule has 29 heavy (non-hydrogen) atoms. The highest BCUT2D eigenvalue weighted by atomic mass is 14.3. The van der Waals surface area contributed by atoms with Crippen molar-refractivity contribution in [1.29, 1.82) is 0 Å². The van der Waals surface area contributed by atoms with E-state index in [4.69, 9.17) is 0 Å². The molecule has 0 N–H and O–H groups in total. The molecule has 0 aliphatic heterocycles. The quantitative estimate of drug-likeness (QED) is 0.410. The lowest BCUT2D eigenvalue weighted by atomic mass is 9.72. The van der Waals surface area contributed by atoms with E-state index in [1.165, 1.54) is 36.0 Å². The Bertz CT molecular complexity index is 786. The number of benzene rings is 1. The predicted octanol–water partition coefficient (Wildman–Crippen LogP) is 8.57. The largest absolute Gasteiger partial charge is 0.0988 e. The van der Waals surface area contributed by atoms with Crippen molar-refractivity contribution < 1.29 is 0 Å². The summed E-state index contributed by atoms with van der Waals surface area (Å²) in [5, 5.41) is 0. The first-order valence-corrected chi connectivity index (χ1v) is 11.8. The van der Waals surface area contributed by atoms with Crippen LogP contribution in [0.3, 0.4) is 0 Å². The average molecular weight is 389 g/mol. The molecule has 156 valence electrons. The van der Waals surface area contributed by atoms with Crippen LogP contribution < -0.4 is 0 Å². The SMILES string of the molecule is C=C/C(=C\C1CCCC1C)C(C)C(C1=CCC(C)C=C1CC)c1ccc(C)cc1. The Kier molecular flexibility index (Phi) is 7.38. The standard InChI is InChI=1S/C29H40/c1-7-24(19-27-11-9-10-22(27)5)23(6)29(26-15-12-20(3)13-16-26)28-17-14-21(4)18-25(28)8-2/h7,12-13,15-19,21-23,27,29H,1,8-11,14H2,2-6H3/b24-19+. The van der Waals surface area contributed by atoms with Gasteiger partial charge in [-0.2, -0.15) is 0 Å². The minimum atomic E-state index is 0.398. The van der Waals surface area contributed by atoms with Gasteiger partial charge in [-0.3, -0.25) is 0 Å². The normalized spacial score (nSPS) is 27.2. The van der Waals surface area contributed by atoms with Gasteiger partial charge in [0, 0.05) is 5.92 Å². The van der Waals surface area contributed by atoms with Crippen molar-refractivity contribution in [3.05, 3.63) is 83.0 Å². The van der Waals surface area contributed by atoms with Gasteiger partial charge >= 0.3 is 0 Å². The molecule has 1 saturated carbocycles. The molecule has 2 aliphatic rings. The second kappa shape index (κ2) is 9.79. The molecule has 5 atom stereocenters. The summed E-state index contributed by atoms with van der Waals surface area (Å²) in [6.07, 6.45) is 16.1. The molecule has 0 amide bonds. The third kappa shape index (κ3) is 5.03. The fraction of sp³-hybridized carbons (Fsp3) is 0.517. The summed E-state index contributed by atoms with van der Waals surface area (Å²) in [5.41, 5.74) is 7.30. The predicted molar refractivity (Wildman–Crippen MR) is 128 cm³/mol. The first-order valence-electron chi connectivity index (χ1n) is 11.8. The molecule has 1 aromatic carbocycles. The van der Waals surface area contributed by atoms with Crippen LogP contribution in [0.1, 0.15) is 76.8 Å². The van der Waals surface area contributed by atoms with E-state index >= 15 is 0 Å². The summed E-state index contributed by atoms with van der Waals surface area (Å²) in [5.74, 6) is 2.99. The Hall–Kier alpha value is -1.82. The maximum atomic E-state index is 4.23. The summed E-state index contributed by atoms with van der Waals surface area (Å²) in [6, 6.07) is 9.24. The van der Waals surface area contributed by atoms with E-state index in [1.54, 1.807) is 11.1 Å². The summed E-state index contributed by atoms with van der Waals surface area (Å²) in [7, 11) is 0. The maximum absolute atomic E-state index is 4.23. The number of aryl methyl sites for hydroxylation is 1. The highest BCUT2D eigenvalue weighted by Crippen LogP contribution is 2.44. The number of rotatable bonds is 7. The summed E-state index contributed by atoms with van der Waals surface area (Å²) in [4.78, 5) is 0. The molecule has 1 aromatic rings. The lowest BCUT2D eigenvalue weighted by Gasteiger charge is -2.33. The average Bonchev–Trinajstić information content (AvgIpc) is 3.13. The van der Waals surface area contributed by atoms with E-state index in [0.717, 1.165) is 18.8 Å². The molecule has 0 heterocycles. The lowest BCUT2D eigenvalue weighted by molar-refractivity contribution is 0.492. The Balaban J connectivity index is 2.02. The van der Waals surface area contributed by atoms with Crippen molar-refractivity contribution in [2.24, 2.45) is 23.7 Å².